The smallest absolute Gasteiger partial charge is 0.265 e. The fraction of sp³-hybridized carbons (Fsp3) is 0.190. The van der Waals surface area contributed by atoms with Gasteiger partial charge >= 0.3 is 0 Å². The zero-order valence-corrected chi connectivity index (χ0v) is 16.3. The Hall–Kier alpha value is -2.30. The number of halogens is 1. The zero-order chi connectivity index (χ0) is 18.5. The molecule has 1 heterocycles. The van der Waals surface area contributed by atoms with Crippen LogP contribution in [0.5, 0.6) is 5.75 Å². The molecule has 0 unspecified atom stereocenters. The maximum Gasteiger partial charge on any atom is 0.265 e. The second-order valence-electron chi connectivity index (χ2n) is 6.15. The Kier molecular flexibility index (Phi) is 5.96. The molecule has 134 valence electrons. The van der Waals surface area contributed by atoms with Gasteiger partial charge in [0, 0.05) is 15.6 Å². The van der Waals surface area contributed by atoms with Crippen molar-refractivity contribution in [3.05, 3.63) is 81.0 Å². The molecule has 0 radical (unpaired) electrons. The summed E-state index contributed by atoms with van der Waals surface area (Å²) in [5.74, 6) is 0.595. The zero-order valence-electron chi connectivity index (χ0n) is 14.7. The van der Waals surface area contributed by atoms with E-state index in [2.05, 4.69) is 6.07 Å². The first-order valence-corrected chi connectivity index (χ1v) is 9.56. The van der Waals surface area contributed by atoms with Crippen LogP contribution in [0.15, 0.2) is 60.0 Å². The molecule has 5 heteroatoms. The lowest BCUT2D eigenvalue weighted by Crippen LogP contribution is -2.34. The topological polar surface area (TPSA) is 29.5 Å². The molecule has 0 saturated carbocycles. The minimum absolute atomic E-state index is 0.0270. The third kappa shape index (κ3) is 4.87. The predicted octanol–water partition coefficient (Wildman–Crippen LogP) is 5.63. The van der Waals surface area contributed by atoms with Gasteiger partial charge in [0.05, 0.1) is 6.54 Å². The molecule has 1 amide bonds. The first-order chi connectivity index (χ1) is 12.5. The van der Waals surface area contributed by atoms with Gasteiger partial charge in [-0.05, 0) is 66.8 Å². The van der Waals surface area contributed by atoms with Crippen LogP contribution in [-0.4, -0.2) is 12.5 Å². The van der Waals surface area contributed by atoms with E-state index in [-0.39, 0.29) is 12.5 Å². The van der Waals surface area contributed by atoms with Crippen LogP contribution < -0.4 is 9.64 Å². The summed E-state index contributed by atoms with van der Waals surface area (Å²) in [6, 6.07) is 17.3. The monoisotopic (exact) mass is 385 g/mol. The van der Waals surface area contributed by atoms with Gasteiger partial charge in [-0.15, -0.1) is 11.3 Å². The fourth-order valence-corrected chi connectivity index (χ4v) is 3.64. The van der Waals surface area contributed by atoms with E-state index in [1.54, 1.807) is 28.4 Å². The van der Waals surface area contributed by atoms with Gasteiger partial charge in [-0.1, -0.05) is 29.8 Å². The SMILES string of the molecule is Cc1cc(C)cc(OCC(=O)N(Cc2cccs2)c2cccc(Cl)c2)c1. The first-order valence-electron chi connectivity index (χ1n) is 8.31. The fourth-order valence-electron chi connectivity index (χ4n) is 2.77. The van der Waals surface area contributed by atoms with Crippen LogP contribution in [0.4, 0.5) is 5.69 Å². The van der Waals surface area contributed by atoms with Crippen LogP contribution in [0.3, 0.4) is 0 Å². The lowest BCUT2D eigenvalue weighted by molar-refractivity contribution is -0.120. The molecular weight excluding hydrogens is 366 g/mol. The maximum absolute atomic E-state index is 12.9. The lowest BCUT2D eigenvalue weighted by Gasteiger charge is -2.23. The number of aryl methyl sites for hydroxylation is 2. The molecule has 3 aromatic rings. The van der Waals surface area contributed by atoms with Gasteiger partial charge in [0.25, 0.3) is 5.91 Å². The molecule has 0 aliphatic heterocycles. The molecule has 0 aliphatic carbocycles. The van der Waals surface area contributed by atoms with Crippen molar-refractivity contribution >= 4 is 34.5 Å². The second-order valence-corrected chi connectivity index (χ2v) is 7.62. The van der Waals surface area contributed by atoms with Crippen molar-refractivity contribution in [2.45, 2.75) is 20.4 Å². The highest BCUT2D eigenvalue weighted by Gasteiger charge is 2.18. The Morgan fingerprint density at radius 3 is 2.50 bits per heavy atom. The van der Waals surface area contributed by atoms with Gasteiger partial charge in [0.2, 0.25) is 0 Å². The number of rotatable bonds is 6. The van der Waals surface area contributed by atoms with E-state index in [0.717, 1.165) is 21.7 Å². The molecule has 1 aromatic heterocycles. The summed E-state index contributed by atoms with van der Waals surface area (Å²) >= 11 is 7.73. The minimum atomic E-state index is -0.111. The van der Waals surface area contributed by atoms with Crippen LogP contribution in [0.1, 0.15) is 16.0 Å². The van der Waals surface area contributed by atoms with Gasteiger partial charge in [0.1, 0.15) is 5.75 Å². The number of nitrogens with zero attached hydrogens (tertiary/aromatic N) is 1. The molecule has 0 bridgehead atoms. The first kappa shape index (κ1) is 18.5. The molecule has 0 aliphatic rings. The van der Waals surface area contributed by atoms with Crippen molar-refractivity contribution in [3.63, 3.8) is 0 Å². The van der Waals surface area contributed by atoms with Crippen LogP contribution in [0.25, 0.3) is 0 Å². The molecule has 0 atom stereocenters. The second kappa shape index (κ2) is 8.39. The van der Waals surface area contributed by atoms with Crippen LogP contribution in [0.2, 0.25) is 5.02 Å². The molecule has 0 N–H and O–H groups in total. The Balaban J connectivity index is 1.78. The third-order valence-electron chi connectivity index (χ3n) is 3.87. The largest absolute Gasteiger partial charge is 0.484 e. The average molecular weight is 386 g/mol. The van der Waals surface area contributed by atoms with E-state index in [9.17, 15) is 4.79 Å². The van der Waals surface area contributed by atoms with Gasteiger partial charge in [0.15, 0.2) is 6.61 Å². The lowest BCUT2D eigenvalue weighted by atomic mass is 10.1. The van der Waals surface area contributed by atoms with E-state index in [4.69, 9.17) is 16.3 Å². The van der Waals surface area contributed by atoms with E-state index >= 15 is 0 Å². The number of hydrogen-bond donors (Lipinski definition) is 0. The number of anilines is 1. The molecule has 0 fully saturated rings. The standard InChI is InChI=1S/C21H20ClNO2S/c1-15-9-16(2)11-19(10-15)25-14-21(24)23(13-20-7-4-8-26-20)18-6-3-5-17(22)12-18/h3-12H,13-14H2,1-2H3. The summed E-state index contributed by atoms with van der Waals surface area (Å²) in [5.41, 5.74) is 2.98. The van der Waals surface area contributed by atoms with Crippen molar-refractivity contribution in [2.75, 3.05) is 11.5 Å². The Morgan fingerprint density at radius 1 is 1.08 bits per heavy atom. The van der Waals surface area contributed by atoms with Crippen molar-refractivity contribution < 1.29 is 9.53 Å². The number of ether oxygens (including phenoxy) is 1. The molecule has 2 aromatic carbocycles. The normalized spacial score (nSPS) is 10.6. The summed E-state index contributed by atoms with van der Waals surface area (Å²) in [6.45, 7) is 4.49. The van der Waals surface area contributed by atoms with E-state index in [1.165, 1.54) is 0 Å². The summed E-state index contributed by atoms with van der Waals surface area (Å²) in [4.78, 5) is 15.7. The van der Waals surface area contributed by atoms with Gasteiger partial charge in [-0.3, -0.25) is 4.79 Å². The molecule has 3 nitrogen and oxygen atoms in total. The summed E-state index contributed by atoms with van der Waals surface area (Å²) in [5, 5.41) is 2.60. The highest BCUT2D eigenvalue weighted by molar-refractivity contribution is 7.09. The van der Waals surface area contributed by atoms with Crippen molar-refractivity contribution in [1.29, 1.82) is 0 Å². The Bertz CT molecular complexity index is 873. The van der Waals surface area contributed by atoms with Gasteiger partial charge in [-0.25, -0.2) is 0 Å². The summed E-state index contributed by atoms with van der Waals surface area (Å²) in [7, 11) is 0. The van der Waals surface area contributed by atoms with Gasteiger partial charge in [-0.2, -0.15) is 0 Å². The predicted molar refractivity (Wildman–Crippen MR) is 108 cm³/mol. The van der Waals surface area contributed by atoms with Crippen LogP contribution in [-0.2, 0) is 11.3 Å². The summed E-state index contributed by atoms with van der Waals surface area (Å²) in [6.07, 6.45) is 0. The van der Waals surface area contributed by atoms with Crippen molar-refractivity contribution in [2.24, 2.45) is 0 Å². The highest BCUT2D eigenvalue weighted by Crippen LogP contribution is 2.24. The van der Waals surface area contributed by atoms with E-state index in [1.807, 2.05) is 55.6 Å². The molecule has 0 spiro atoms. The Labute approximate surface area is 162 Å². The number of carbonyl (C=O) groups excluding carboxylic acids is 1. The van der Waals surface area contributed by atoms with E-state index < -0.39 is 0 Å². The number of amides is 1. The average Bonchev–Trinajstić information content (AvgIpc) is 3.10. The van der Waals surface area contributed by atoms with Gasteiger partial charge < -0.3 is 9.64 Å². The van der Waals surface area contributed by atoms with Crippen molar-refractivity contribution in [1.82, 2.24) is 0 Å². The van der Waals surface area contributed by atoms with Crippen LogP contribution in [0, 0.1) is 13.8 Å². The number of benzene rings is 2. The Morgan fingerprint density at radius 2 is 1.85 bits per heavy atom. The number of carbonyl (C=O) groups is 1. The minimum Gasteiger partial charge on any atom is -0.484 e. The number of thiophene rings is 1. The third-order valence-corrected chi connectivity index (χ3v) is 4.97. The van der Waals surface area contributed by atoms with Crippen LogP contribution >= 0.6 is 22.9 Å². The summed E-state index contributed by atoms with van der Waals surface area (Å²) < 4.78 is 5.76. The number of hydrogen-bond acceptors (Lipinski definition) is 3. The maximum atomic E-state index is 12.9. The molecule has 26 heavy (non-hydrogen) atoms. The highest BCUT2D eigenvalue weighted by atomic mass is 35.5. The van der Waals surface area contributed by atoms with E-state index in [0.29, 0.717) is 17.3 Å². The molecule has 3 rings (SSSR count). The van der Waals surface area contributed by atoms with Crippen molar-refractivity contribution in [3.8, 4) is 5.75 Å². The molecular formula is C21H20ClNO2S. The quantitative estimate of drug-likeness (QED) is 0.550. The molecule has 0 saturated heterocycles.